The molecule has 8 aromatic rings. The van der Waals surface area contributed by atoms with Crippen LogP contribution in [0.2, 0.25) is 0 Å². The lowest BCUT2D eigenvalue weighted by molar-refractivity contribution is 0.332. The van der Waals surface area contributed by atoms with Crippen molar-refractivity contribution in [3.05, 3.63) is 171 Å². The zero-order valence-corrected chi connectivity index (χ0v) is 41.3. The quantitative estimate of drug-likeness (QED) is 0.161. The molecule has 0 radical (unpaired) electrons. The number of para-hydroxylation sites is 1. The Labute approximate surface area is 392 Å². The molecule has 1 aromatic heterocycles. The van der Waals surface area contributed by atoms with Crippen molar-refractivity contribution in [3.8, 4) is 0 Å². The number of rotatable bonds is 2. The maximum Gasteiger partial charge on any atom is 0.252 e. The summed E-state index contributed by atoms with van der Waals surface area (Å²) in [4.78, 5) is 5.30. The summed E-state index contributed by atoms with van der Waals surface area (Å²) in [5.74, 6) is 0. The van der Waals surface area contributed by atoms with E-state index in [1.165, 1.54) is 108 Å². The molecule has 330 valence electrons. The highest BCUT2D eigenvalue weighted by Gasteiger charge is 2.49. The Morgan fingerprint density at radius 1 is 0.485 bits per heavy atom. The van der Waals surface area contributed by atoms with Crippen LogP contribution in [0.5, 0.6) is 0 Å². The fourth-order valence-electron chi connectivity index (χ4n) is 13.0. The van der Waals surface area contributed by atoms with Crippen molar-refractivity contribution in [1.82, 2.24) is 0 Å². The van der Waals surface area contributed by atoms with Crippen LogP contribution in [-0.2, 0) is 27.1 Å². The van der Waals surface area contributed by atoms with Gasteiger partial charge in [0.2, 0.25) is 0 Å². The third-order valence-electron chi connectivity index (χ3n) is 16.9. The van der Waals surface area contributed by atoms with E-state index in [1.807, 2.05) is 0 Å². The number of fused-ring (bicyclic) bond motifs is 10. The SMILES string of the molecule is Cc1cc2c3c(c1)N(c1cccc4oc5ccccc5c14)c1cc4c(cc1B3c1cc(C(C)(C)C)ccc1N2c1cc2c(cc1C)C(C)(C)CCC2(C)C)C(C)(C)c1ccccc1C4(C)C. The number of furan rings is 1. The Balaban J connectivity index is 1.23. The van der Waals surface area contributed by atoms with E-state index < -0.39 is 0 Å². The van der Waals surface area contributed by atoms with Gasteiger partial charge in [-0.1, -0.05) is 149 Å². The average molecular weight is 863 g/mol. The van der Waals surface area contributed by atoms with Gasteiger partial charge in [-0.2, -0.15) is 0 Å². The van der Waals surface area contributed by atoms with E-state index in [1.54, 1.807) is 0 Å². The fraction of sp³-hybridized carbons (Fsp3) is 0.323. The second-order valence-corrected chi connectivity index (χ2v) is 23.8. The van der Waals surface area contributed by atoms with Gasteiger partial charge in [0.05, 0.1) is 11.1 Å². The molecule has 3 nitrogen and oxygen atoms in total. The molecule has 0 unspecified atom stereocenters. The zero-order valence-electron chi connectivity index (χ0n) is 41.3. The van der Waals surface area contributed by atoms with E-state index in [2.05, 4.69) is 221 Å². The molecule has 66 heavy (non-hydrogen) atoms. The number of benzene rings is 7. The summed E-state index contributed by atoms with van der Waals surface area (Å²) in [6.07, 6.45) is 2.36. The molecule has 0 amide bonds. The third-order valence-corrected chi connectivity index (χ3v) is 16.9. The summed E-state index contributed by atoms with van der Waals surface area (Å²) in [6.45, 7) is 31.3. The van der Waals surface area contributed by atoms with E-state index in [0.29, 0.717) is 0 Å². The first kappa shape index (κ1) is 41.4. The van der Waals surface area contributed by atoms with Crippen LogP contribution in [0.1, 0.15) is 139 Å². The van der Waals surface area contributed by atoms with Crippen molar-refractivity contribution in [2.45, 2.75) is 130 Å². The van der Waals surface area contributed by atoms with Gasteiger partial charge in [-0.3, -0.25) is 0 Å². The van der Waals surface area contributed by atoms with Crippen molar-refractivity contribution >= 4 is 79.2 Å². The molecule has 2 aliphatic carbocycles. The number of hydrogen-bond acceptors (Lipinski definition) is 3. The van der Waals surface area contributed by atoms with E-state index in [0.717, 1.165) is 27.6 Å². The summed E-state index contributed by atoms with van der Waals surface area (Å²) in [5.41, 5.74) is 25.6. The number of aryl methyl sites for hydroxylation is 2. The molecular formula is C62H63BN2O. The summed E-state index contributed by atoms with van der Waals surface area (Å²) in [5, 5.41) is 2.28. The van der Waals surface area contributed by atoms with Crippen LogP contribution in [-0.4, -0.2) is 6.71 Å². The summed E-state index contributed by atoms with van der Waals surface area (Å²) in [7, 11) is 0. The van der Waals surface area contributed by atoms with E-state index >= 15 is 0 Å². The van der Waals surface area contributed by atoms with Crippen LogP contribution in [0.4, 0.5) is 34.1 Å². The first-order valence-corrected chi connectivity index (χ1v) is 24.4. The lowest BCUT2D eigenvalue weighted by Gasteiger charge is -2.48. The van der Waals surface area contributed by atoms with Crippen LogP contribution < -0.4 is 26.2 Å². The predicted octanol–water partition coefficient (Wildman–Crippen LogP) is 14.9. The molecule has 4 heteroatoms. The van der Waals surface area contributed by atoms with Gasteiger partial charge in [0.1, 0.15) is 11.2 Å². The topological polar surface area (TPSA) is 19.6 Å². The minimum absolute atomic E-state index is 0.00890. The molecule has 0 bridgehead atoms. The number of anilines is 6. The largest absolute Gasteiger partial charge is 0.456 e. The summed E-state index contributed by atoms with van der Waals surface area (Å²) >= 11 is 0. The Hall–Kier alpha value is -6.00. The summed E-state index contributed by atoms with van der Waals surface area (Å²) < 4.78 is 6.67. The molecule has 12 rings (SSSR count). The van der Waals surface area contributed by atoms with E-state index in [4.69, 9.17) is 4.42 Å². The predicted molar refractivity (Wildman–Crippen MR) is 282 cm³/mol. The highest BCUT2D eigenvalue weighted by atomic mass is 16.3. The molecular weight excluding hydrogens is 800 g/mol. The fourth-order valence-corrected chi connectivity index (χ4v) is 13.0. The highest BCUT2D eigenvalue weighted by molar-refractivity contribution is 7.00. The number of hydrogen-bond donors (Lipinski definition) is 0. The van der Waals surface area contributed by atoms with Crippen molar-refractivity contribution in [2.75, 3.05) is 9.80 Å². The lowest BCUT2D eigenvalue weighted by atomic mass is 9.33. The van der Waals surface area contributed by atoms with Gasteiger partial charge in [-0.25, -0.2) is 0 Å². The second-order valence-electron chi connectivity index (χ2n) is 23.8. The normalized spacial score (nSPS) is 18.0. The van der Waals surface area contributed by atoms with Gasteiger partial charge in [0.15, 0.2) is 0 Å². The number of nitrogens with zero attached hydrogens (tertiary/aromatic N) is 2. The second kappa shape index (κ2) is 13.3. The zero-order chi connectivity index (χ0) is 46.2. The van der Waals surface area contributed by atoms with Gasteiger partial charge < -0.3 is 14.2 Å². The highest BCUT2D eigenvalue weighted by Crippen LogP contribution is 2.55. The first-order chi connectivity index (χ1) is 31.2. The van der Waals surface area contributed by atoms with Gasteiger partial charge in [0.25, 0.3) is 6.71 Å². The lowest BCUT2D eigenvalue weighted by Crippen LogP contribution is -2.62. The van der Waals surface area contributed by atoms with Crippen molar-refractivity contribution in [1.29, 1.82) is 0 Å². The van der Waals surface area contributed by atoms with E-state index in [9.17, 15) is 0 Å². The van der Waals surface area contributed by atoms with Gasteiger partial charge in [0, 0.05) is 44.7 Å². The van der Waals surface area contributed by atoms with Gasteiger partial charge in [-0.05, 0) is 158 Å². The molecule has 0 spiro atoms. The minimum Gasteiger partial charge on any atom is -0.456 e. The molecule has 4 aliphatic rings. The van der Waals surface area contributed by atoms with E-state index in [-0.39, 0.29) is 33.8 Å². The first-order valence-electron chi connectivity index (χ1n) is 24.4. The van der Waals surface area contributed by atoms with Crippen LogP contribution >= 0.6 is 0 Å². The Morgan fingerprint density at radius 3 is 1.71 bits per heavy atom. The maximum atomic E-state index is 6.67. The standard InChI is InChI=1S/C62H63BN2O/c1-36-29-52-57-53(30-36)65(49-22-18-24-55-56(49)39-19-14-17-23-54(39)66-55)51-35-45-44(61(10,11)40-20-15-16-21-41(40)62(45,12)13)33-47(51)63(57)46-32-38(58(3,4)5)25-26-48(46)64(52)50-34-43-42(31-37(50)2)59(6,7)27-28-60(43,8)9/h14-26,29-35H,27-28H2,1-13H3. The molecule has 2 aliphatic heterocycles. The van der Waals surface area contributed by atoms with Gasteiger partial charge >= 0.3 is 0 Å². The van der Waals surface area contributed by atoms with Crippen molar-refractivity contribution in [3.63, 3.8) is 0 Å². The molecule has 0 N–H and O–H groups in total. The monoisotopic (exact) mass is 863 g/mol. The Morgan fingerprint density at radius 2 is 1.05 bits per heavy atom. The van der Waals surface area contributed by atoms with Crippen molar-refractivity contribution < 1.29 is 4.42 Å². The Kier molecular flexibility index (Phi) is 8.37. The van der Waals surface area contributed by atoms with Crippen molar-refractivity contribution in [2.24, 2.45) is 0 Å². The third kappa shape index (κ3) is 5.57. The van der Waals surface area contributed by atoms with Crippen LogP contribution in [0.15, 0.2) is 126 Å². The smallest absolute Gasteiger partial charge is 0.252 e. The van der Waals surface area contributed by atoms with Crippen LogP contribution in [0.25, 0.3) is 21.9 Å². The molecule has 0 saturated carbocycles. The minimum atomic E-state index is -0.221. The molecule has 7 aromatic carbocycles. The van der Waals surface area contributed by atoms with Gasteiger partial charge in [-0.15, -0.1) is 0 Å². The summed E-state index contributed by atoms with van der Waals surface area (Å²) in [6, 6.07) is 47.2. The van der Waals surface area contributed by atoms with Crippen LogP contribution in [0, 0.1) is 13.8 Å². The van der Waals surface area contributed by atoms with Crippen LogP contribution in [0.3, 0.4) is 0 Å². The average Bonchev–Trinajstić information content (AvgIpc) is 3.66. The molecule has 0 fully saturated rings. The Bertz CT molecular complexity index is 3410. The molecule has 3 heterocycles. The molecule has 0 saturated heterocycles. The molecule has 0 atom stereocenters. The maximum absolute atomic E-state index is 6.67.